The van der Waals surface area contributed by atoms with E-state index < -0.39 is 88.7 Å². The van der Waals surface area contributed by atoms with Crippen molar-refractivity contribution in [2.45, 2.75) is 172 Å². The number of ketones is 1. The second-order valence-electron chi connectivity index (χ2n) is 20.1. The van der Waals surface area contributed by atoms with Crippen LogP contribution < -0.4 is 19.7 Å². The summed E-state index contributed by atoms with van der Waals surface area (Å²) in [7, 11) is 4.89. The number of hydrogen-bond donors (Lipinski definition) is 3. The highest BCUT2D eigenvalue weighted by atomic mass is 35.5. The predicted molar refractivity (Wildman–Crippen MR) is 266 cm³/mol. The van der Waals surface area contributed by atoms with E-state index in [0.29, 0.717) is 52.4 Å². The number of methoxy groups -OCH3 is 2. The van der Waals surface area contributed by atoms with Gasteiger partial charge in [-0.15, -0.1) is 11.8 Å². The third kappa shape index (κ3) is 12.1. The maximum atomic E-state index is 15.1. The van der Waals surface area contributed by atoms with Crippen LogP contribution in [0.4, 0.5) is 5.69 Å². The molecule has 0 spiro atoms. The van der Waals surface area contributed by atoms with Crippen LogP contribution in [0.2, 0.25) is 10.0 Å². The van der Waals surface area contributed by atoms with Gasteiger partial charge in [-0.05, 0) is 91.8 Å². The highest BCUT2D eigenvalue weighted by molar-refractivity contribution is 8.00. The summed E-state index contributed by atoms with van der Waals surface area (Å²) in [5.74, 6) is -3.76. The fourth-order valence-corrected chi connectivity index (χ4v) is 13.2. The van der Waals surface area contributed by atoms with Crippen LogP contribution in [0.3, 0.4) is 0 Å². The first-order valence-corrected chi connectivity index (χ1v) is 26.4. The van der Waals surface area contributed by atoms with Gasteiger partial charge in [-0.2, -0.15) is 0 Å². The van der Waals surface area contributed by atoms with Crippen LogP contribution in [0.1, 0.15) is 106 Å². The number of carbonyl (C=O) groups is 3. The van der Waals surface area contributed by atoms with Gasteiger partial charge < -0.3 is 53.6 Å². The molecule has 3 N–H and O–H groups in total. The number of aliphatic hydroxyl groups excluding tert-OH is 2. The van der Waals surface area contributed by atoms with Crippen molar-refractivity contribution in [1.29, 1.82) is 0 Å². The van der Waals surface area contributed by atoms with Gasteiger partial charge in [-0.3, -0.25) is 19.4 Å². The first kappa shape index (κ1) is 55.4. The number of ether oxygens (including phenoxy) is 7. The van der Waals surface area contributed by atoms with Gasteiger partial charge in [0, 0.05) is 85.4 Å². The molecule has 1 aromatic carbocycles. The van der Waals surface area contributed by atoms with Crippen LogP contribution in [-0.4, -0.2) is 132 Å². The van der Waals surface area contributed by atoms with E-state index in [4.69, 9.17) is 56.4 Å². The number of carbonyl (C=O) groups excluding carboxylic acids is 3. The van der Waals surface area contributed by atoms with Crippen molar-refractivity contribution in [1.82, 2.24) is 10.3 Å². The van der Waals surface area contributed by atoms with Crippen molar-refractivity contribution < 1.29 is 57.8 Å². The number of halogens is 2. The number of fused-ring (bicyclic) bond motifs is 1. The average molecular weight is 1030 g/mol. The molecule has 15 nitrogen and oxygen atoms in total. The molecule has 1 aliphatic carbocycles. The number of nitrogens with one attached hydrogen (secondary N) is 1. The van der Waals surface area contributed by atoms with Crippen LogP contribution in [0, 0.1) is 29.6 Å². The van der Waals surface area contributed by atoms with E-state index >= 15 is 4.79 Å². The molecule has 4 heterocycles. The predicted octanol–water partition coefficient (Wildman–Crippen LogP) is 7.83. The summed E-state index contributed by atoms with van der Waals surface area (Å²) >= 11 is 14.8. The van der Waals surface area contributed by atoms with E-state index in [1.807, 2.05) is 45.9 Å². The summed E-state index contributed by atoms with van der Waals surface area (Å²) in [6, 6.07) is 5.45. The monoisotopic (exact) mass is 1020 g/mol. The SMILES string of the molecule is CC[C@H]1OC(=O)[C@H](C)[C@@H](O)[C@H](C)[C@@H](O[C@@H]2O[C@H](C)C[C@H](NC)[C@H]2O)[C@](C)(OC)C[C@@H](C)C(=O)C(C)C2C(SCCN(Cc3c(Cl)cncc3Cl)c3ccc(OC)c(OC4CCCC4)c3)C(=O)O[C@@]21C. The maximum absolute atomic E-state index is 15.1. The molecule has 386 valence electrons. The molecule has 4 aliphatic rings. The van der Waals surface area contributed by atoms with Crippen LogP contribution in [0.5, 0.6) is 11.5 Å². The van der Waals surface area contributed by atoms with Gasteiger partial charge in [-0.1, -0.05) is 50.9 Å². The van der Waals surface area contributed by atoms with Gasteiger partial charge in [0.1, 0.15) is 23.2 Å². The Hall–Kier alpha value is -2.93. The molecule has 69 heavy (non-hydrogen) atoms. The highest BCUT2D eigenvalue weighted by Gasteiger charge is 2.61. The summed E-state index contributed by atoms with van der Waals surface area (Å²) in [6.45, 7) is 15.0. The minimum Gasteiger partial charge on any atom is -0.493 e. The molecule has 1 saturated carbocycles. The number of aromatic nitrogens is 1. The number of thioether (sulfide) groups is 1. The Bertz CT molecular complexity index is 2060. The van der Waals surface area contributed by atoms with E-state index in [-0.39, 0.29) is 36.9 Å². The molecule has 0 radical (unpaired) electrons. The topological polar surface area (TPSA) is 184 Å². The maximum Gasteiger partial charge on any atom is 0.320 e. The Morgan fingerprint density at radius 2 is 1.64 bits per heavy atom. The van der Waals surface area contributed by atoms with E-state index in [9.17, 15) is 19.8 Å². The smallest absolute Gasteiger partial charge is 0.320 e. The number of benzene rings is 1. The summed E-state index contributed by atoms with van der Waals surface area (Å²) in [5, 5.41) is 26.5. The largest absolute Gasteiger partial charge is 0.493 e. The second-order valence-corrected chi connectivity index (χ2v) is 22.1. The quantitative estimate of drug-likeness (QED) is 0.147. The number of Topliss-reactive ketones (excluding diaryl/α,β-unsaturated/α-hetero) is 1. The van der Waals surface area contributed by atoms with E-state index in [1.54, 1.807) is 54.2 Å². The van der Waals surface area contributed by atoms with Crippen LogP contribution >= 0.6 is 35.0 Å². The molecule has 0 amide bonds. The molecule has 3 saturated heterocycles. The minimum absolute atomic E-state index is 0.0821. The number of rotatable bonds is 15. The van der Waals surface area contributed by atoms with Gasteiger partial charge in [0.2, 0.25) is 0 Å². The average Bonchev–Trinajstić information content (AvgIpc) is 3.93. The lowest BCUT2D eigenvalue weighted by Gasteiger charge is -2.47. The Balaban J connectivity index is 1.33. The number of aliphatic hydroxyl groups is 2. The lowest BCUT2D eigenvalue weighted by atomic mass is 9.70. The summed E-state index contributed by atoms with van der Waals surface area (Å²) in [5.41, 5.74) is -1.17. The number of anilines is 1. The zero-order chi connectivity index (χ0) is 50.5. The van der Waals surface area contributed by atoms with Gasteiger partial charge in [0.05, 0.1) is 53.1 Å². The zero-order valence-electron chi connectivity index (χ0n) is 42.1. The van der Waals surface area contributed by atoms with Crippen LogP contribution in [0.15, 0.2) is 30.6 Å². The normalized spacial score (nSPS) is 36.0. The van der Waals surface area contributed by atoms with E-state index in [0.717, 1.165) is 31.4 Å². The van der Waals surface area contributed by atoms with E-state index in [2.05, 4.69) is 15.2 Å². The van der Waals surface area contributed by atoms with Crippen molar-refractivity contribution in [3.63, 3.8) is 0 Å². The summed E-state index contributed by atoms with van der Waals surface area (Å²) < 4.78 is 43.9. The van der Waals surface area contributed by atoms with E-state index in [1.165, 1.54) is 18.9 Å². The second kappa shape index (κ2) is 23.7. The standard InChI is InChI=1S/C51H75Cl2N3O12S/c1-12-40-51(8)41(29(4)42(57)27(2)23-50(7,63-11)46(30(5)43(58)31(6)47(60)66-40)67-49-44(59)37(54-9)21-28(3)64-49)45(48(61)68-51)69-20-19-56(26-34-35(52)24-55-25-36(34)53)32-17-18-38(62-10)39(22-32)65-33-15-13-14-16-33/h17-18,22,24-25,27-31,33,37,40-41,43-46,49,54,58-59H,12-16,19-21,23,26H2,1-11H3/t27-,28-,29?,30+,31-,37+,40-,41?,43+,44-,45?,46-,49+,50-,51-/m1/s1. The third-order valence-electron chi connectivity index (χ3n) is 15.3. The molecule has 3 unspecified atom stereocenters. The molecule has 0 bridgehead atoms. The Kier molecular flexibility index (Phi) is 19.1. The molecular formula is C51H75Cl2N3O12S. The summed E-state index contributed by atoms with van der Waals surface area (Å²) in [6.07, 6.45) is 2.56. The Morgan fingerprint density at radius 1 is 0.957 bits per heavy atom. The van der Waals surface area contributed by atoms with Crippen molar-refractivity contribution in [2.75, 3.05) is 38.5 Å². The van der Waals surface area contributed by atoms with Gasteiger partial charge >= 0.3 is 11.9 Å². The molecule has 3 aliphatic heterocycles. The zero-order valence-corrected chi connectivity index (χ0v) is 44.4. The number of nitrogens with zero attached hydrogens (tertiary/aromatic N) is 2. The first-order chi connectivity index (χ1) is 32.7. The van der Waals surface area contributed by atoms with Crippen LogP contribution in [-0.2, 0) is 44.6 Å². The Morgan fingerprint density at radius 3 is 2.26 bits per heavy atom. The lowest BCUT2D eigenvalue weighted by Crippen LogP contribution is -2.60. The number of hydrogen-bond acceptors (Lipinski definition) is 16. The van der Waals surface area contributed by atoms with Crippen molar-refractivity contribution >= 4 is 58.4 Å². The molecule has 2 aromatic rings. The number of cyclic esters (lactones) is 1. The van der Waals surface area contributed by atoms with Gasteiger partial charge in [0.25, 0.3) is 0 Å². The number of pyridine rings is 1. The molecule has 18 heteroatoms. The molecular weight excluding hydrogens is 950 g/mol. The Labute approximate surface area is 422 Å². The highest BCUT2D eigenvalue weighted by Crippen LogP contribution is 2.49. The fourth-order valence-electron chi connectivity index (χ4n) is 11.2. The molecule has 6 rings (SSSR count). The number of esters is 2. The molecule has 1 aromatic heterocycles. The van der Waals surface area contributed by atoms with Gasteiger partial charge in [0.15, 0.2) is 23.4 Å². The van der Waals surface area contributed by atoms with Crippen LogP contribution in [0.25, 0.3) is 0 Å². The lowest BCUT2D eigenvalue weighted by molar-refractivity contribution is -0.296. The van der Waals surface area contributed by atoms with Crippen molar-refractivity contribution in [3.8, 4) is 11.5 Å². The van der Waals surface area contributed by atoms with Crippen molar-refractivity contribution in [2.24, 2.45) is 29.6 Å². The molecule has 4 fully saturated rings. The number of likely N-dealkylation sites (N-methyl/N-ethyl adjacent to an activating group) is 1. The first-order valence-electron chi connectivity index (χ1n) is 24.6. The fraction of sp³-hybridized carbons (Fsp3) is 0.725. The summed E-state index contributed by atoms with van der Waals surface area (Å²) in [4.78, 5) is 50.0. The van der Waals surface area contributed by atoms with Gasteiger partial charge in [-0.25, -0.2) is 0 Å². The third-order valence-corrected chi connectivity index (χ3v) is 17.2. The van der Waals surface area contributed by atoms with Crippen molar-refractivity contribution in [3.05, 3.63) is 46.2 Å². The molecule has 15 atom stereocenters. The minimum atomic E-state index is -1.42.